The summed E-state index contributed by atoms with van der Waals surface area (Å²) in [6, 6.07) is 7.23. The van der Waals surface area contributed by atoms with Gasteiger partial charge in [-0.05, 0) is 45.7 Å². The summed E-state index contributed by atoms with van der Waals surface area (Å²) in [5, 5.41) is 9.79. The second-order valence-corrected chi connectivity index (χ2v) is 11.3. The zero-order valence-electron chi connectivity index (χ0n) is 22.2. The lowest BCUT2D eigenvalue weighted by Crippen LogP contribution is -2.56. The average Bonchev–Trinajstić information content (AvgIpc) is 3.61. The maximum Gasteiger partial charge on any atom is 0.246 e. The van der Waals surface area contributed by atoms with Crippen molar-refractivity contribution in [3.8, 4) is 0 Å². The van der Waals surface area contributed by atoms with Crippen LogP contribution < -0.4 is 15.5 Å². The SMILES string of the molecule is CC(=O)c1cccc(N2C(=O)[C@@H]3[C@H](C(=O)Nc4cc(C)on4)[C@@]4(C)C=C[C@@]3(O4)[C@H]2C(=O)NC2CCCCC2)c1. The fraction of sp³-hybridized carbons (Fsp3) is 0.483. The van der Waals surface area contributed by atoms with E-state index in [4.69, 9.17) is 9.26 Å². The van der Waals surface area contributed by atoms with Crippen molar-refractivity contribution in [2.75, 3.05) is 10.2 Å². The molecule has 1 aromatic heterocycles. The molecule has 5 atom stereocenters. The average molecular weight is 533 g/mol. The molecule has 2 aromatic rings. The molecule has 4 heterocycles. The Morgan fingerprint density at radius 2 is 1.85 bits per heavy atom. The number of Topliss-reactive ketones (excluding diaryl/α,β-unsaturated/α-hetero) is 1. The van der Waals surface area contributed by atoms with E-state index in [1.807, 2.05) is 0 Å². The van der Waals surface area contributed by atoms with E-state index < -0.39 is 40.9 Å². The van der Waals surface area contributed by atoms with E-state index in [0.717, 1.165) is 32.1 Å². The van der Waals surface area contributed by atoms with Crippen LogP contribution in [0.15, 0.2) is 47.0 Å². The normalized spacial score (nSPS) is 31.4. The summed E-state index contributed by atoms with van der Waals surface area (Å²) >= 11 is 0. The summed E-state index contributed by atoms with van der Waals surface area (Å²) in [5.74, 6) is -2.43. The standard InChI is InChI=1S/C29H32N4O6/c1-16-14-21(32-38-16)31-25(35)22-23-27(37)33(20-11-7-8-18(15-20)17(2)34)24(29(23)13-12-28(22,3)39-29)26(36)30-19-9-5-4-6-10-19/h7-8,11-15,19,22-24H,4-6,9-10H2,1-3H3,(H,30,36)(H,31,32,35)/t22-,23+,24-,28-,29+/m1/s1. The molecule has 10 heteroatoms. The second kappa shape index (κ2) is 9.15. The Kier molecular flexibility index (Phi) is 5.98. The largest absolute Gasteiger partial charge is 0.360 e. The van der Waals surface area contributed by atoms with Crippen LogP contribution in [0.5, 0.6) is 0 Å². The summed E-state index contributed by atoms with van der Waals surface area (Å²) in [4.78, 5) is 55.6. The molecule has 1 spiro atoms. The summed E-state index contributed by atoms with van der Waals surface area (Å²) in [6.45, 7) is 4.93. The Hall–Kier alpha value is -3.79. The van der Waals surface area contributed by atoms with Gasteiger partial charge in [0.25, 0.3) is 0 Å². The van der Waals surface area contributed by atoms with Gasteiger partial charge < -0.3 is 19.9 Å². The zero-order valence-corrected chi connectivity index (χ0v) is 22.2. The first-order valence-corrected chi connectivity index (χ1v) is 13.5. The van der Waals surface area contributed by atoms with Gasteiger partial charge in [0.2, 0.25) is 17.7 Å². The van der Waals surface area contributed by atoms with Crippen LogP contribution in [0.1, 0.15) is 62.1 Å². The Balaban J connectivity index is 1.41. The van der Waals surface area contributed by atoms with E-state index >= 15 is 0 Å². The fourth-order valence-corrected chi connectivity index (χ4v) is 6.84. The topological polar surface area (TPSA) is 131 Å². The van der Waals surface area contributed by atoms with Crippen molar-refractivity contribution >= 4 is 35.0 Å². The Morgan fingerprint density at radius 1 is 1.08 bits per heavy atom. The number of amides is 3. The lowest BCUT2D eigenvalue weighted by atomic mass is 9.70. The maximum absolute atomic E-state index is 14.3. The number of rotatable bonds is 6. The molecule has 3 fully saturated rings. The smallest absolute Gasteiger partial charge is 0.246 e. The van der Waals surface area contributed by atoms with Crippen LogP contribution in [-0.4, -0.2) is 51.9 Å². The minimum atomic E-state index is -1.35. The molecule has 204 valence electrons. The zero-order chi connectivity index (χ0) is 27.5. The summed E-state index contributed by atoms with van der Waals surface area (Å²) in [7, 11) is 0. The van der Waals surface area contributed by atoms with Crippen LogP contribution in [0.25, 0.3) is 0 Å². The number of aryl methyl sites for hydroxylation is 1. The number of nitrogens with one attached hydrogen (secondary N) is 2. The van der Waals surface area contributed by atoms with Gasteiger partial charge in [0, 0.05) is 23.4 Å². The minimum Gasteiger partial charge on any atom is -0.360 e. The van der Waals surface area contributed by atoms with Crippen molar-refractivity contribution < 1.29 is 28.4 Å². The number of aromatic nitrogens is 1. The molecule has 2 saturated heterocycles. The van der Waals surface area contributed by atoms with Crippen LogP contribution in [0.3, 0.4) is 0 Å². The van der Waals surface area contributed by atoms with Gasteiger partial charge in [0.1, 0.15) is 17.4 Å². The van der Waals surface area contributed by atoms with Gasteiger partial charge in [0.15, 0.2) is 11.6 Å². The van der Waals surface area contributed by atoms with E-state index in [1.54, 1.807) is 56.3 Å². The summed E-state index contributed by atoms with van der Waals surface area (Å²) in [5.41, 5.74) is -1.61. The fourth-order valence-electron chi connectivity index (χ4n) is 6.84. The van der Waals surface area contributed by atoms with Crippen molar-refractivity contribution in [1.82, 2.24) is 10.5 Å². The van der Waals surface area contributed by atoms with Gasteiger partial charge in [0.05, 0.1) is 17.4 Å². The highest BCUT2D eigenvalue weighted by molar-refractivity contribution is 6.12. The Morgan fingerprint density at radius 3 is 2.54 bits per heavy atom. The molecule has 6 rings (SSSR count). The molecule has 4 aliphatic rings. The first-order chi connectivity index (χ1) is 18.6. The third-order valence-corrected chi connectivity index (χ3v) is 8.59. The molecule has 2 N–H and O–H groups in total. The number of carbonyl (C=O) groups excluding carboxylic acids is 4. The van der Waals surface area contributed by atoms with Crippen LogP contribution in [-0.2, 0) is 19.1 Å². The van der Waals surface area contributed by atoms with Crippen molar-refractivity contribution in [2.24, 2.45) is 11.8 Å². The van der Waals surface area contributed by atoms with E-state index in [0.29, 0.717) is 17.0 Å². The van der Waals surface area contributed by atoms with Crippen molar-refractivity contribution in [1.29, 1.82) is 0 Å². The highest BCUT2D eigenvalue weighted by Gasteiger charge is 2.76. The molecule has 39 heavy (non-hydrogen) atoms. The van der Waals surface area contributed by atoms with Crippen molar-refractivity contribution in [3.05, 3.63) is 53.8 Å². The number of carbonyl (C=O) groups is 4. The molecule has 0 unspecified atom stereocenters. The quantitative estimate of drug-likeness (QED) is 0.431. The van der Waals surface area contributed by atoms with Crippen LogP contribution in [0, 0.1) is 18.8 Å². The summed E-state index contributed by atoms with van der Waals surface area (Å²) < 4.78 is 11.6. The number of hydrogen-bond donors (Lipinski definition) is 2. The monoisotopic (exact) mass is 532 g/mol. The number of ether oxygens (including phenoxy) is 1. The molecule has 0 radical (unpaired) electrons. The predicted molar refractivity (Wildman–Crippen MR) is 141 cm³/mol. The molecular weight excluding hydrogens is 500 g/mol. The number of anilines is 2. The number of benzene rings is 1. The lowest BCUT2D eigenvalue weighted by Gasteiger charge is -2.34. The van der Waals surface area contributed by atoms with Crippen LogP contribution in [0.4, 0.5) is 11.5 Å². The highest BCUT2D eigenvalue weighted by atomic mass is 16.5. The van der Waals surface area contributed by atoms with Crippen molar-refractivity contribution in [2.45, 2.75) is 76.2 Å². The highest BCUT2D eigenvalue weighted by Crippen LogP contribution is 2.60. The number of nitrogens with zero attached hydrogens (tertiary/aromatic N) is 2. The second-order valence-electron chi connectivity index (χ2n) is 11.3. The molecule has 1 saturated carbocycles. The van der Waals surface area contributed by atoms with Gasteiger partial charge >= 0.3 is 0 Å². The molecule has 10 nitrogen and oxygen atoms in total. The molecule has 1 aromatic carbocycles. The Bertz CT molecular complexity index is 1390. The van der Waals surface area contributed by atoms with E-state index in [2.05, 4.69) is 15.8 Å². The molecule has 2 bridgehead atoms. The maximum atomic E-state index is 14.3. The molecule has 3 aliphatic heterocycles. The third-order valence-electron chi connectivity index (χ3n) is 8.59. The molecule has 1 aliphatic carbocycles. The van der Waals surface area contributed by atoms with Gasteiger partial charge in [-0.25, -0.2) is 0 Å². The van der Waals surface area contributed by atoms with Gasteiger partial charge in [-0.2, -0.15) is 0 Å². The minimum absolute atomic E-state index is 0.00914. The predicted octanol–water partition coefficient (Wildman–Crippen LogP) is 3.32. The van der Waals surface area contributed by atoms with E-state index in [-0.39, 0.29) is 23.6 Å². The number of fused-ring (bicyclic) bond motifs is 1. The van der Waals surface area contributed by atoms with E-state index in [1.165, 1.54) is 11.8 Å². The van der Waals surface area contributed by atoms with Gasteiger partial charge in [-0.15, -0.1) is 0 Å². The first kappa shape index (κ1) is 25.5. The van der Waals surface area contributed by atoms with Gasteiger partial charge in [-0.1, -0.05) is 48.7 Å². The molecular formula is C29H32N4O6. The third kappa shape index (κ3) is 4.00. The van der Waals surface area contributed by atoms with Crippen LogP contribution >= 0.6 is 0 Å². The van der Waals surface area contributed by atoms with Crippen LogP contribution in [0.2, 0.25) is 0 Å². The number of hydrogen-bond acceptors (Lipinski definition) is 7. The van der Waals surface area contributed by atoms with E-state index in [9.17, 15) is 19.2 Å². The molecule has 3 amide bonds. The lowest BCUT2D eigenvalue weighted by molar-refractivity contribution is -0.131. The summed E-state index contributed by atoms with van der Waals surface area (Å²) in [6.07, 6.45) is 8.51. The van der Waals surface area contributed by atoms with Gasteiger partial charge in [-0.3, -0.25) is 24.1 Å². The van der Waals surface area contributed by atoms with Crippen molar-refractivity contribution in [3.63, 3.8) is 0 Å². The number of ketones is 1. The Labute approximate surface area is 226 Å². The first-order valence-electron chi connectivity index (χ1n) is 13.5.